The minimum absolute atomic E-state index is 0.152. The average molecular weight is 390 g/mol. The second kappa shape index (κ2) is 8.21. The maximum Gasteiger partial charge on any atom is 0.228 e. The maximum absolute atomic E-state index is 12.9. The smallest absolute Gasteiger partial charge is 0.228 e. The fourth-order valence-corrected chi connectivity index (χ4v) is 3.43. The summed E-state index contributed by atoms with van der Waals surface area (Å²) in [6.07, 6.45) is 0.152. The van der Waals surface area contributed by atoms with Gasteiger partial charge in [-0.15, -0.1) is 11.3 Å². The van der Waals surface area contributed by atoms with Crippen molar-refractivity contribution in [3.8, 4) is 0 Å². The molecule has 0 radical (unpaired) electrons. The lowest BCUT2D eigenvalue weighted by Gasteiger charge is -2.11. The quantitative estimate of drug-likeness (QED) is 0.524. The highest BCUT2D eigenvalue weighted by molar-refractivity contribution is 7.16. The van der Waals surface area contributed by atoms with Crippen molar-refractivity contribution >= 4 is 45.9 Å². The van der Waals surface area contributed by atoms with Crippen LogP contribution in [0.4, 0.5) is 21.5 Å². The topological polar surface area (TPSA) is 67.2 Å². The first-order chi connectivity index (χ1) is 12.5. The van der Waals surface area contributed by atoms with E-state index in [9.17, 15) is 9.18 Å². The summed E-state index contributed by atoms with van der Waals surface area (Å²) in [4.78, 5) is 13.2. The van der Waals surface area contributed by atoms with Gasteiger partial charge in [-0.2, -0.15) is 0 Å². The highest BCUT2D eigenvalue weighted by atomic mass is 35.5. The second-order valence-electron chi connectivity index (χ2n) is 5.71. The van der Waals surface area contributed by atoms with E-state index < -0.39 is 0 Å². The fourth-order valence-electron chi connectivity index (χ4n) is 2.40. The number of rotatable bonds is 6. The Balaban J connectivity index is 1.58. The van der Waals surface area contributed by atoms with E-state index in [-0.39, 0.29) is 18.1 Å². The maximum atomic E-state index is 12.9. The summed E-state index contributed by atoms with van der Waals surface area (Å²) in [6.45, 7) is 0.646. The number of anilines is 3. The zero-order valence-electron chi connectivity index (χ0n) is 13.8. The Morgan fingerprint density at radius 3 is 2.54 bits per heavy atom. The number of hydrogen-bond acceptors (Lipinski definition) is 4. The van der Waals surface area contributed by atoms with E-state index in [0.717, 1.165) is 20.5 Å². The Morgan fingerprint density at radius 2 is 1.88 bits per heavy atom. The number of carbonyl (C=O) groups excluding carboxylic acids is 1. The number of carbonyl (C=O) groups is 1. The van der Waals surface area contributed by atoms with Crippen molar-refractivity contribution in [3.05, 3.63) is 75.2 Å². The van der Waals surface area contributed by atoms with E-state index >= 15 is 0 Å². The van der Waals surface area contributed by atoms with Crippen molar-refractivity contribution < 1.29 is 9.18 Å². The molecule has 4 nitrogen and oxygen atoms in total. The molecular weight excluding hydrogens is 373 g/mol. The molecule has 3 rings (SSSR count). The summed E-state index contributed by atoms with van der Waals surface area (Å²) in [6, 6.07) is 15.0. The third-order valence-electron chi connectivity index (χ3n) is 3.70. The Kier molecular flexibility index (Phi) is 5.75. The summed E-state index contributed by atoms with van der Waals surface area (Å²) in [5.74, 6) is -0.538. The van der Waals surface area contributed by atoms with Crippen LogP contribution in [-0.2, 0) is 17.8 Å². The van der Waals surface area contributed by atoms with Gasteiger partial charge >= 0.3 is 0 Å². The van der Waals surface area contributed by atoms with Crippen molar-refractivity contribution in [3.63, 3.8) is 0 Å². The molecule has 0 aliphatic heterocycles. The van der Waals surface area contributed by atoms with Crippen molar-refractivity contribution in [2.45, 2.75) is 13.0 Å². The zero-order valence-corrected chi connectivity index (χ0v) is 15.3. The predicted octanol–water partition coefficient (Wildman–Crippen LogP) is 4.92. The molecule has 0 unspecified atom stereocenters. The highest BCUT2D eigenvalue weighted by Crippen LogP contribution is 2.25. The van der Waals surface area contributed by atoms with Crippen LogP contribution < -0.4 is 16.4 Å². The Morgan fingerprint density at radius 1 is 1.12 bits per heavy atom. The van der Waals surface area contributed by atoms with Gasteiger partial charge in [-0.3, -0.25) is 4.79 Å². The normalized spacial score (nSPS) is 10.5. The number of amides is 1. The van der Waals surface area contributed by atoms with Gasteiger partial charge in [0.25, 0.3) is 0 Å². The van der Waals surface area contributed by atoms with Crippen LogP contribution in [0, 0.1) is 5.82 Å². The van der Waals surface area contributed by atoms with Crippen molar-refractivity contribution in [2.75, 3.05) is 16.4 Å². The standard InChI is InChI=1S/C19H17ClFN3OS/c20-18-8-6-15(26-18)11-23-14-5-7-17(16(22)10-14)24-19(25)9-12-1-3-13(21)4-2-12/h1-8,10,23H,9,11,22H2,(H,24,25). The molecule has 4 N–H and O–H groups in total. The first-order valence-corrected chi connectivity index (χ1v) is 9.11. The second-order valence-corrected chi connectivity index (χ2v) is 7.51. The third-order valence-corrected chi connectivity index (χ3v) is 4.93. The van der Waals surface area contributed by atoms with Gasteiger partial charge in [0.15, 0.2) is 0 Å². The molecule has 0 aliphatic carbocycles. The van der Waals surface area contributed by atoms with E-state index in [4.69, 9.17) is 17.3 Å². The molecule has 1 heterocycles. The Hall–Kier alpha value is -2.57. The molecule has 1 amide bonds. The lowest BCUT2D eigenvalue weighted by Crippen LogP contribution is -2.15. The molecule has 3 aromatic rings. The molecule has 0 saturated heterocycles. The lowest BCUT2D eigenvalue weighted by molar-refractivity contribution is -0.115. The number of halogens is 2. The van der Waals surface area contributed by atoms with Gasteiger partial charge < -0.3 is 16.4 Å². The molecule has 0 atom stereocenters. The van der Waals surface area contributed by atoms with E-state index in [1.807, 2.05) is 18.2 Å². The number of thiophene rings is 1. The van der Waals surface area contributed by atoms with Gasteiger partial charge in [-0.25, -0.2) is 4.39 Å². The van der Waals surface area contributed by atoms with Gasteiger partial charge in [0.2, 0.25) is 5.91 Å². The minimum atomic E-state index is -0.327. The van der Waals surface area contributed by atoms with Crippen molar-refractivity contribution in [1.82, 2.24) is 0 Å². The van der Waals surface area contributed by atoms with Gasteiger partial charge in [0.1, 0.15) is 5.82 Å². The van der Waals surface area contributed by atoms with E-state index in [1.54, 1.807) is 24.3 Å². The number of nitrogen functional groups attached to an aromatic ring is 1. The molecular formula is C19H17ClFN3OS. The largest absolute Gasteiger partial charge is 0.397 e. The van der Waals surface area contributed by atoms with Crippen LogP contribution in [0.1, 0.15) is 10.4 Å². The highest BCUT2D eigenvalue weighted by Gasteiger charge is 2.08. The Labute approximate surface area is 159 Å². The predicted molar refractivity (Wildman–Crippen MR) is 106 cm³/mol. The van der Waals surface area contributed by atoms with Crippen LogP contribution in [0.3, 0.4) is 0 Å². The molecule has 0 bridgehead atoms. The summed E-state index contributed by atoms with van der Waals surface area (Å²) in [5, 5.41) is 6.04. The SMILES string of the molecule is Nc1cc(NCc2ccc(Cl)s2)ccc1NC(=O)Cc1ccc(F)cc1. The number of nitrogens with two attached hydrogens (primary N) is 1. The minimum Gasteiger partial charge on any atom is -0.397 e. The van der Waals surface area contributed by atoms with Crippen LogP contribution >= 0.6 is 22.9 Å². The lowest BCUT2D eigenvalue weighted by atomic mass is 10.1. The number of hydrogen-bond donors (Lipinski definition) is 3. The summed E-state index contributed by atoms with van der Waals surface area (Å²) in [7, 11) is 0. The van der Waals surface area contributed by atoms with Crippen LogP contribution in [-0.4, -0.2) is 5.91 Å². The first kappa shape index (κ1) is 18.2. The Bertz CT molecular complexity index is 911. The van der Waals surface area contributed by atoms with Crippen molar-refractivity contribution in [2.24, 2.45) is 0 Å². The van der Waals surface area contributed by atoms with Crippen molar-refractivity contribution in [1.29, 1.82) is 0 Å². The molecule has 134 valence electrons. The van der Waals surface area contributed by atoms with Crippen LogP contribution in [0.15, 0.2) is 54.6 Å². The monoisotopic (exact) mass is 389 g/mol. The van der Waals surface area contributed by atoms with Gasteiger partial charge in [0.05, 0.1) is 22.1 Å². The van der Waals surface area contributed by atoms with Gasteiger partial charge in [0, 0.05) is 17.1 Å². The molecule has 7 heteroatoms. The fraction of sp³-hybridized carbons (Fsp3) is 0.105. The van der Waals surface area contributed by atoms with Crippen LogP contribution in [0.25, 0.3) is 0 Å². The molecule has 26 heavy (non-hydrogen) atoms. The molecule has 2 aromatic carbocycles. The van der Waals surface area contributed by atoms with E-state index in [2.05, 4.69) is 10.6 Å². The van der Waals surface area contributed by atoms with Crippen LogP contribution in [0.5, 0.6) is 0 Å². The average Bonchev–Trinajstić information content (AvgIpc) is 3.03. The number of benzene rings is 2. The first-order valence-electron chi connectivity index (χ1n) is 7.91. The molecule has 0 spiro atoms. The molecule has 1 aromatic heterocycles. The summed E-state index contributed by atoms with van der Waals surface area (Å²) in [5.41, 5.74) is 8.62. The zero-order chi connectivity index (χ0) is 18.5. The number of nitrogens with one attached hydrogen (secondary N) is 2. The summed E-state index contributed by atoms with van der Waals surface area (Å²) < 4.78 is 13.7. The van der Waals surface area contributed by atoms with Gasteiger partial charge in [-0.05, 0) is 48.0 Å². The summed E-state index contributed by atoms with van der Waals surface area (Å²) >= 11 is 7.43. The molecule has 0 saturated carbocycles. The van der Waals surface area contributed by atoms with E-state index in [0.29, 0.717) is 17.9 Å². The van der Waals surface area contributed by atoms with Gasteiger partial charge in [-0.1, -0.05) is 23.7 Å². The van der Waals surface area contributed by atoms with Crippen LogP contribution in [0.2, 0.25) is 4.34 Å². The van der Waals surface area contributed by atoms with E-state index in [1.165, 1.54) is 23.5 Å². The molecule has 0 aliphatic rings. The third kappa shape index (κ3) is 4.97. The molecule has 0 fully saturated rings.